The molecule has 7 heteroatoms. The van der Waals surface area contributed by atoms with E-state index in [1.54, 1.807) is 0 Å². The highest BCUT2D eigenvalue weighted by molar-refractivity contribution is 7.13. The molecule has 158 valence electrons. The van der Waals surface area contributed by atoms with Crippen LogP contribution in [-0.4, -0.2) is 55.2 Å². The Kier molecular flexibility index (Phi) is 8.03. The molecule has 1 saturated heterocycles. The van der Waals surface area contributed by atoms with Crippen molar-refractivity contribution in [2.24, 2.45) is 0 Å². The molecule has 0 unspecified atom stereocenters. The minimum Gasteiger partial charge on any atom is -0.492 e. The molecule has 2 aromatic rings. The SMILES string of the molecule is CCc1nc(C)c(C(=O)NCc2cccc(OCCN(C)C3CCOCC3)c2)s1. The van der Waals surface area contributed by atoms with Crippen LogP contribution in [0.2, 0.25) is 0 Å². The van der Waals surface area contributed by atoms with E-state index in [9.17, 15) is 4.79 Å². The van der Waals surface area contributed by atoms with Crippen molar-refractivity contribution in [1.29, 1.82) is 0 Å². The third-order valence-corrected chi connectivity index (χ3v) is 6.53. The highest BCUT2D eigenvalue weighted by Gasteiger charge is 2.18. The summed E-state index contributed by atoms with van der Waals surface area (Å²) < 4.78 is 11.4. The lowest BCUT2D eigenvalue weighted by Gasteiger charge is -2.31. The van der Waals surface area contributed by atoms with Crippen LogP contribution in [-0.2, 0) is 17.7 Å². The van der Waals surface area contributed by atoms with Gasteiger partial charge in [-0.2, -0.15) is 0 Å². The van der Waals surface area contributed by atoms with Crippen molar-refractivity contribution in [3.05, 3.63) is 45.4 Å². The van der Waals surface area contributed by atoms with Crippen LogP contribution in [0.25, 0.3) is 0 Å². The minimum atomic E-state index is -0.0656. The number of benzene rings is 1. The summed E-state index contributed by atoms with van der Waals surface area (Å²) >= 11 is 1.47. The zero-order chi connectivity index (χ0) is 20.6. The van der Waals surface area contributed by atoms with Gasteiger partial charge in [0.1, 0.15) is 17.2 Å². The number of likely N-dealkylation sites (N-methyl/N-ethyl adjacent to an activating group) is 1. The van der Waals surface area contributed by atoms with Crippen molar-refractivity contribution >= 4 is 17.2 Å². The maximum Gasteiger partial charge on any atom is 0.263 e. The molecule has 0 spiro atoms. The first-order valence-electron chi connectivity index (χ1n) is 10.3. The van der Waals surface area contributed by atoms with Gasteiger partial charge >= 0.3 is 0 Å². The van der Waals surface area contributed by atoms with E-state index in [1.165, 1.54) is 11.3 Å². The zero-order valence-corrected chi connectivity index (χ0v) is 18.4. The molecule has 29 heavy (non-hydrogen) atoms. The second-order valence-corrected chi connectivity index (χ2v) is 8.46. The molecule has 0 atom stereocenters. The van der Waals surface area contributed by atoms with Crippen molar-refractivity contribution in [2.45, 2.75) is 45.7 Å². The van der Waals surface area contributed by atoms with Crippen LogP contribution < -0.4 is 10.1 Å². The van der Waals surface area contributed by atoms with Gasteiger partial charge in [-0.3, -0.25) is 9.69 Å². The summed E-state index contributed by atoms with van der Waals surface area (Å²) in [6.07, 6.45) is 3.03. The molecule has 1 aromatic heterocycles. The smallest absolute Gasteiger partial charge is 0.263 e. The average Bonchev–Trinajstić information content (AvgIpc) is 3.14. The number of ether oxygens (including phenoxy) is 2. The van der Waals surface area contributed by atoms with Gasteiger partial charge in [-0.1, -0.05) is 19.1 Å². The number of thiazole rings is 1. The second kappa shape index (κ2) is 10.7. The molecule has 1 N–H and O–H groups in total. The van der Waals surface area contributed by atoms with Gasteiger partial charge in [0.15, 0.2) is 0 Å². The van der Waals surface area contributed by atoms with Crippen LogP contribution in [0.4, 0.5) is 0 Å². The van der Waals surface area contributed by atoms with Gasteiger partial charge in [0.05, 0.1) is 10.7 Å². The predicted octanol–water partition coefficient (Wildman–Crippen LogP) is 3.43. The second-order valence-electron chi connectivity index (χ2n) is 7.38. The number of nitrogens with one attached hydrogen (secondary N) is 1. The van der Waals surface area contributed by atoms with Gasteiger partial charge in [0.2, 0.25) is 0 Å². The summed E-state index contributed by atoms with van der Waals surface area (Å²) in [5, 5.41) is 3.99. The molecule has 6 nitrogen and oxygen atoms in total. The van der Waals surface area contributed by atoms with E-state index >= 15 is 0 Å². The predicted molar refractivity (Wildman–Crippen MR) is 116 cm³/mol. The highest BCUT2D eigenvalue weighted by Crippen LogP contribution is 2.19. The lowest BCUT2D eigenvalue weighted by atomic mass is 10.1. The third kappa shape index (κ3) is 6.26. The summed E-state index contributed by atoms with van der Waals surface area (Å²) in [6.45, 7) is 7.63. The van der Waals surface area contributed by atoms with Crippen molar-refractivity contribution in [2.75, 3.05) is 33.4 Å². The first kappa shape index (κ1) is 21.7. The molecular weight excluding hydrogens is 386 g/mol. The molecule has 0 bridgehead atoms. The van der Waals surface area contributed by atoms with Crippen LogP contribution in [0.15, 0.2) is 24.3 Å². The monoisotopic (exact) mass is 417 g/mol. The summed E-state index contributed by atoms with van der Waals surface area (Å²) in [5.74, 6) is 0.767. The Morgan fingerprint density at radius 2 is 2.17 bits per heavy atom. The van der Waals surface area contributed by atoms with Gasteiger partial charge in [-0.05, 0) is 50.9 Å². The highest BCUT2D eigenvalue weighted by atomic mass is 32.1. The Morgan fingerprint density at radius 1 is 1.38 bits per heavy atom. The molecule has 0 aliphatic carbocycles. The molecule has 1 aliphatic rings. The van der Waals surface area contributed by atoms with E-state index in [4.69, 9.17) is 9.47 Å². The van der Waals surface area contributed by atoms with E-state index in [-0.39, 0.29) is 5.91 Å². The number of rotatable bonds is 9. The average molecular weight is 418 g/mol. The lowest BCUT2D eigenvalue weighted by molar-refractivity contribution is 0.0392. The maximum atomic E-state index is 12.5. The van der Waals surface area contributed by atoms with Gasteiger partial charge in [0.25, 0.3) is 5.91 Å². The molecule has 2 heterocycles. The van der Waals surface area contributed by atoms with Gasteiger partial charge in [-0.25, -0.2) is 4.98 Å². The maximum absolute atomic E-state index is 12.5. The molecule has 1 fully saturated rings. The number of nitrogens with zero attached hydrogens (tertiary/aromatic N) is 2. The Balaban J connectivity index is 1.46. The van der Waals surface area contributed by atoms with Gasteiger partial charge in [0, 0.05) is 32.3 Å². The normalized spacial score (nSPS) is 14.9. The zero-order valence-electron chi connectivity index (χ0n) is 17.6. The van der Waals surface area contributed by atoms with Crippen LogP contribution in [0.5, 0.6) is 5.75 Å². The van der Waals surface area contributed by atoms with Crippen LogP contribution in [0.1, 0.15) is 45.7 Å². The van der Waals surface area contributed by atoms with Crippen molar-refractivity contribution in [3.63, 3.8) is 0 Å². The fraction of sp³-hybridized carbons (Fsp3) is 0.545. The van der Waals surface area contributed by atoms with E-state index in [1.807, 2.05) is 38.1 Å². The van der Waals surface area contributed by atoms with Crippen LogP contribution in [0.3, 0.4) is 0 Å². The number of carbonyl (C=O) groups is 1. The van der Waals surface area contributed by atoms with Gasteiger partial charge in [-0.15, -0.1) is 11.3 Å². The molecule has 3 rings (SSSR count). The van der Waals surface area contributed by atoms with Gasteiger partial charge < -0.3 is 14.8 Å². The van der Waals surface area contributed by atoms with E-state index in [0.717, 1.165) is 61.0 Å². The van der Waals surface area contributed by atoms with Crippen LogP contribution in [0, 0.1) is 6.92 Å². The fourth-order valence-corrected chi connectivity index (χ4v) is 4.36. The lowest BCUT2D eigenvalue weighted by Crippen LogP contribution is -2.38. The summed E-state index contributed by atoms with van der Waals surface area (Å²) in [6, 6.07) is 8.49. The molecule has 1 aliphatic heterocycles. The number of amides is 1. The van der Waals surface area contributed by atoms with Crippen molar-refractivity contribution < 1.29 is 14.3 Å². The molecule has 1 aromatic carbocycles. The van der Waals surface area contributed by atoms with Crippen LogP contribution >= 0.6 is 11.3 Å². The van der Waals surface area contributed by atoms with E-state index in [0.29, 0.717) is 24.1 Å². The number of carbonyl (C=O) groups excluding carboxylic acids is 1. The fourth-order valence-electron chi connectivity index (χ4n) is 3.44. The number of hydrogen-bond acceptors (Lipinski definition) is 6. The van der Waals surface area contributed by atoms with E-state index < -0.39 is 0 Å². The third-order valence-electron chi connectivity index (χ3n) is 5.23. The minimum absolute atomic E-state index is 0.0656. The standard InChI is InChI=1S/C22H31N3O3S/c1-4-20-24-16(2)21(29-20)22(26)23-15-17-6-5-7-19(14-17)28-13-10-25(3)18-8-11-27-12-9-18/h5-7,14,18H,4,8-13,15H2,1-3H3,(H,23,26). The largest absolute Gasteiger partial charge is 0.492 e. The quantitative estimate of drug-likeness (QED) is 0.677. The Morgan fingerprint density at radius 3 is 2.90 bits per heavy atom. The summed E-state index contributed by atoms with van der Waals surface area (Å²) in [5.41, 5.74) is 1.82. The summed E-state index contributed by atoms with van der Waals surface area (Å²) in [4.78, 5) is 19.9. The topological polar surface area (TPSA) is 63.7 Å². The van der Waals surface area contributed by atoms with Crippen molar-refractivity contribution in [3.8, 4) is 5.75 Å². The molecule has 0 radical (unpaired) electrons. The number of aryl methyl sites for hydroxylation is 2. The molecular formula is C22H31N3O3S. The van der Waals surface area contributed by atoms with E-state index in [2.05, 4.69) is 22.2 Å². The molecule has 0 saturated carbocycles. The summed E-state index contributed by atoms with van der Waals surface area (Å²) in [7, 11) is 2.15. The number of aromatic nitrogens is 1. The first-order chi connectivity index (χ1) is 14.1. The Hall–Kier alpha value is -1.96. The first-order valence-corrected chi connectivity index (χ1v) is 11.1. The Bertz CT molecular complexity index is 802. The molecule has 1 amide bonds. The Labute approximate surface area is 177 Å². The van der Waals surface area contributed by atoms with Crippen molar-refractivity contribution in [1.82, 2.24) is 15.2 Å². The number of hydrogen-bond donors (Lipinski definition) is 1.